The summed E-state index contributed by atoms with van der Waals surface area (Å²) in [6.45, 7) is 4.57. The van der Waals surface area contributed by atoms with Gasteiger partial charge in [-0.2, -0.15) is 4.31 Å². The van der Waals surface area contributed by atoms with Crippen LogP contribution >= 0.6 is 11.5 Å². The van der Waals surface area contributed by atoms with Gasteiger partial charge in [-0.05, 0) is 47.9 Å². The lowest BCUT2D eigenvalue weighted by Crippen LogP contribution is -2.31. The van der Waals surface area contributed by atoms with Crippen molar-refractivity contribution in [2.24, 2.45) is 5.92 Å². The van der Waals surface area contributed by atoms with Crippen LogP contribution in [0.2, 0.25) is 0 Å². The molecule has 11 heteroatoms. The Kier molecular flexibility index (Phi) is 7.05. The molecule has 0 aliphatic carbocycles. The van der Waals surface area contributed by atoms with Gasteiger partial charge in [0.05, 0.1) is 10.8 Å². The molecular formula is C23H25N5O4S2. The third-order valence-electron chi connectivity index (χ3n) is 5.80. The van der Waals surface area contributed by atoms with Crippen LogP contribution in [0.1, 0.15) is 20.3 Å². The number of carbonyl (C=O) groups excluding carboxylic acids is 2. The lowest BCUT2D eigenvalue weighted by Gasteiger charge is -2.20. The summed E-state index contributed by atoms with van der Waals surface area (Å²) in [5.41, 5.74) is 2.88. The van der Waals surface area contributed by atoms with Crippen LogP contribution in [0.25, 0.3) is 11.3 Å². The third-order valence-corrected chi connectivity index (χ3v) is 8.36. The number of rotatable bonds is 8. The molecule has 1 aliphatic rings. The van der Waals surface area contributed by atoms with Gasteiger partial charge in [0.2, 0.25) is 21.8 Å². The fraction of sp³-hybridized carbons (Fsp3) is 0.304. The first-order valence-electron chi connectivity index (χ1n) is 10.9. The largest absolute Gasteiger partial charge is 0.326 e. The molecule has 2 heterocycles. The highest BCUT2D eigenvalue weighted by atomic mass is 32.2. The second-order valence-corrected chi connectivity index (χ2v) is 10.4. The van der Waals surface area contributed by atoms with E-state index >= 15 is 0 Å². The van der Waals surface area contributed by atoms with Crippen molar-refractivity contribution in [3.8, 4) is 11.3 Å². The van der Waals surface area contributed by atoms with E-state index in [1.807, 2.05) is 17.5 Å². The highest BCUT2D eigenvalue weighted by Crippen LogP contribution is 2.28. The molecule has 0 spiro atoms. The summed E-state index contributed by atoms with van der Waals surface area (Å²) in [7, 11) is -3.57. The first-order chi connectivity index (χ1) is 16.3. The highest BCUT2D eigenvalue weighted by Gasteiger charge is 2.35. The number of sulfonamides is 1. The fourth-order valence-electron chi connectivity index (χ4n) is 3.90. The average Bonchev–Trinajstić information content (AvgIpc) is 3.50. The van der Waals surface area contributed by atoms with Crippen LogP contribution in [0.15, 0.2) is 58.8 Å². The van der Waals surface area contributed by atoms with Gasteiger partial charge in [-0.25, -0.2) is 8.42 Å². The van der Waals surface area contributed by atoms with Gasteiger partial charge in [0, 0.05) is 48.4 Å². The first kappa shape index (κ1) is 24.0. The second kappa shape index (κ2) is 10.00. The van der Waals surface area contributed by atoms with Gasteiger partial charge in [0.1, 0.15) is 5.69 Å². The van der Waals surface area contributed by atoms with E-state index in [2.05, 4.69) is 14.9 Å². The number of hydrogen-bond donors (Lipinski definition) is 1. The molecule has 1 aromatic heterocycles. The zero-order valence-corrected chi connectivity index (χ0v) is 20.5. The van der Waals surface area contributed by atoms with E-state index in [0.29, 0.717) is 24.5 Å². The third kappa shape index (κ3) is 4.86. The molecule has 1 N–H and O–H groups in total. The maximum atomic E-state index is 12.8. The predicted octanol–water partition coefficient (Wildman–Crippen LogP) is 3.23. The molecule has 1 unspecified atom stereocenters. The first-order valence-corrected chi connectivity index (χ1v) is 13.2. The molecule has 0 saturated carbocycles. The minimum atomic E-state index is -3.57. The Morgan fingerprint density at radius 2 is 1.79 bits per heavy atom. The molecule has 1 atom stereocenters. The number of carbonyl (C=O) groups is 2. The van der Waals surface area contributed by atoms with E-state index in [-0.39, 0.29) is 29.7 Å². The molecule has 2 amide bonds. The number of aromatic nitrogens is 2. The Balaban J connectivity index is 1.41. The van der Waals surface area contributed by atoms with Gasteiger partial charge >= 0.3 is 0 Å². The zero-order chi connectivity index (χ0) is 24.3. The van der Waals surface area contributed by atoms with E-state index in [1.54, 1.807) is 38.1 Å². The van der Waals surface area contributed by atoms with Crippen LogP contribution in [-0.2, 0) is 19.6 Å². The minimum absolute atomic E-state index is 0.0912. The second-order valence-electron chi connectivity index (χ2n) is 7.85. The SMILES string of the molecule is CCN(CC)S(=O)(=O)c1ccc(N2CC(C(=O)Nc3ccc(-c4csnn4)cc3)CC2=O)cc1. The predicted molar refractivity (Wildman–Crippen MR) is 131 cm³/mol. The number of hydrogen-bond acceptors (Lipinski definition) is 7. The summed E-state index contributed by atoms with van der Waals surface area (Å²) in [5.74, 6) is -0.917. The van der Waals surface area contributed by atoms with Crippen LogP contribution < -0.4 is 10.2 Å². The monoisotopic (exact) mass is 499 g/mol. The molecule has 4 rings (SSSR count). The van der Waals surface area contributed by atoms with Crippen molar-refractivity contribution < 1.29 is 18.0 Å². The van der Waals surface area contributed by atoms with Gasteiger partial charge in [0.25, 0.3) is 0 Å². The maximum Gasteiger partial charge on any atom is 0.243 e. The molecule has 3 aromatic rings. The molecule has 0 bridgehead atoms. The molecule has 1 aliphatic heterocycles. The van der Waals surface area contributed by atoms with Gasteiger partial charge in [-0.15, -0.1) is 5.10 Å². The van der Waals surface area contributed by atoms with E-state index in [1.165, 1.54) is 32.9 Å². The highest BCUT2D eigenvalue weighted by molar-refractivity contribution is 7.89. The van der Waals surface area contributed by atoms with Gasteiger partial charge < -0.3 is 10.2 Å². The van der Waals surface area contributed by atoms with Crippen LogP contribution in [0.3, 0.4) is 0 Å². The summed E-state index contributed by atoms with van der Waals surface area (Å²) >= 11 is 1.27. The lowest BCUT2D eigenvalue weighted by molar-refractivity contribution is -0.122. The number of anilines is 2. The van der Waals surface area contributed by atoms with Crippen molar-refractivity contribution in [1.29, 1.82) is 0 Å². The van der Waals surface area contributed by atoms with Crippen LogP contribution in [0.4, 0.5) is 11.4 Å². The van der Waals surface area contributed by atoms with Gasteiger partial charge in [0.15, 0.2) is 0 Å². The summed E-state index contributed by atoms with van der Waals surface area (Å²) in [5, 5.41) is 8.74. The summed E-state index contributed by atoms with van der Waals surface area (Å²) < 4.78 is 30.6. The topological polar surface area (TPSA) is 113 Å². The van der Waals surface area contributed by atoms with Crippen molar-refractivity contribution in [3.05, 3.63) is 53.9 Å². The quantitative estimate of drug-likeness (QED) is 0.509. The molecule has 2 aromatic carbocycles. The van der Waals surface area contributed by atoms with E-state index < -0.39 is 15.9 Å². The molecule has 1 saturated heterocycles. The molecule has 178 valence electrons. The van der Waals surface area contributed by atoms with E-state index in [4.69, 9.17) is 0 Å². The van der Waals surface area contributed by atoms with Crippen molar-refractivity contribution in [2.45, 2.75) is 25.2 Å². The molecule has 0 radical (unpaired) electrons. The van der Waals surface area contributed by atoms with E-state index in [9.17, 15) is 18.0 Å². The Morgan fingerprint density at radius 3 is 2.38 bits per heavy atom. The number of nitrogens with zero attached hydrogens (tertiary/aromatic N) is 4. The lowest BCUT2D eigenvalue weighted by atomic mass is 10.1. The smallest absolute Gasteiger partial charge is 0.243 e. The van der Waals surface area contributed by atoms with Gasteiger partial charge in [-0.1, -0.05) is 30.5 Å². The number of benzene rings is 2. The Labute approximate surface area is 202 Å². The summed E-state index contributed by atoms with van der Waals surface area (Å²) in [4.78, 5) is 27.1. The maximum absolute atomic E-state index is 12.8. The molecule has 34 heavy (non-hydrogen) atoms. The zero-order valence-electron chi connectivity index (χ0n) is 18.8. The van der Waals surface area contributed by atoms with Crippen LogP contribution in [-0.4, -0.2) is 53.8 Å². The average molecular weight is 500 g/mol. The Morgan fingerprint density at radius 1 is 1.12 bits per heavy atom. The van der Waals surface area contributed by atoms with Crippen molar-refractivity contribution >= 4 is 44.7 Å². The Hall–Kier alpha value is -3.15. The van der Waals surface area contributed by atoms with Crippen LogP contribution in [0.5, 0.6) is 0 Å². The fourth-order valence-corrected chi connectivity index (χ4v) is 5.83. The normalized spacial score (nSPS) is 16.3. The standard InChI is InChI=1S/C23H25N5O4S2/c1-3-27(4-2)34(31,32)20-11-9-19(10-12-20)28-14-17(13-22(28)29)23(30)24-18-7-5-16(6-8-18)21-15-33-26-25-21/h5-12,15,17H,3-4,13-14H2,1-2H3,(H,24,30). The molecule has 9 nitrogen and oxygen atoms in total. The summed E-state index contributed by atoms with van der Waals surface area (Å²) in [6.07, 6.45) is 0.0912. The van der Waals surface area contributed by atoms with Gasteiger partial charge in [-0.3, -0.25) is 9.59 Å². The number of nitrogens with one attached hydrogen (secondary N) is 1. The summed E-state index contributed by atoms with van der Waals surface area (Å²) in [6, 6.07) is 13.5. The van der Waals surface area contributed by atoms with Crippen molar-refractivity contribution in [1.82, 2.24) is 13.9 Å². The van der Waals surface area contributed by atoms with Crippen molar-refractivity contribution in [3.63, 3.8) is 0 Å². The van der Waals surface area contributed by atoms with Crippen molar-refractivity contribution in [2.75, 3.05) is 29.9 Å². The Bertz CT molecular complexity index is 1260. The van der Waals surface area contributed by atoms with E-state index in [0.717, 1.165) is 11.3 Å². The van der Waals surface area contributed by atoms with Crippen LogP contribution in [0, 0.1) is 5.92 Å². The number of amides is 2. The minimum Gasteiger partial charge on any atom is -0.326 e. The molecular weight excluding hydrogens is 474 g/mol. The molecule has 1 fully saturated rings.